The second-order valence-corrected chi connectivity index (χ2v) is 11.7. The Morgan fingerprint density at radius 2 is 1.97 bits per heavy atom. The molecule has 1 aromatic heterocycles. The number of nitrogens with one attached hydrogen (secondary N) is 1. The highest BCUT2D eigenvalue weighted by molar-refractivity contribution is 9.10. The molecule has 0 aliphatic heterocycles. The molecule has 6 nitrogen and oxygen atoms in total. The van der Waals surface area contributed by atoms with Gasteiger partial charge in [-0.2, -0.15) is 0 Å². The molecule has 3 aromatic rings. The molecule has 1 N–H and O–H groups in total. The third-order valence-corrected chi connectivity index (χ3v) is 8.55. The van der Waals surface area contributed by atoms with Gasteiger partial charge in [-0.15, -0.1) is 10.2 Å². The predicted octanol–water partition coefficient (Wildman–Crippen LogP) is 7.94. The summed E-state index contributed by atoms with van der Waals surface area (Å²) in [4.78, 5) is 12.6. The lowest BCUT2D eigenvalue weighted by Gasteiger charge is -2.25. The normalized spacial score (nSPS) is 14.3. The summed E-state index contributed by atoms with van der Waals surface area (Å²) < 4.78 is 9.62. The van der Waals surface area contributed by atoms with Crippen LogP contribution in [0.5, 0.6) is 5.75 Å². The lowest BCUT2D eigenvalue weighted by Crippen LogP contribution is -2.19. The zero-order valence-corrected chi connectivity index (χ0v) is 24.0. The van der Waals surface area contributed by atoms with Gasteiger partial charge in [0.2, 0.25) is 5.91 Å². The molecule has 1 aliphatic carbocycles. The Labute approximate surface area is 230 Å². The molecule has 0 radical (unpaired) electrons. The third-order valence-electron chi connectivity index (χ3n) is 6.43. The van der Waals surface area contributed by atoms with Gasteiger partial charge in [-0.1, -0.05) is 84.5 Å². The zero-order valence-electron chi connectivity index (χ0n) is 20.9. The largest absolute Gasteiger partial charge is 0.485 e. The smallest absolute Gasteiger partial charge is 0.234 e. The maximum atomic E-state index is 12.6. The summed E-state index contributed by atoms with van der Waals surface area (Å²) in [6, 6.07) is 11.8. The maximum absolute atomic E-state index is 12.6. The lowest BCUT2D eigenvalue weighted by molar-refractivity contribution is -0.113. The molecule has 0 atom stereocenters. The number of ether oxygens (including phenoxy) is 1. The summed E-state index contributed by atoms with van der Waals surface area (Å²) in [5.74, 6) is 2.09. The van der Waals surface area contributed by atoms with Crippen molar-refractivity contribution >= 4 is 50.9 Å². The number of amides is 1. The van der Waals surface area contributed by atoms with Gasteiger partial charge in [0.25, 0.3) is 0 Å². The number of aryl methyl sites for hydroxylation is 1. The third kappa shape index (κ3) is 6.64. The molecule has 9 heteroatoms. The average Bonchev–Trinajstić information content (AvgIpc) is 3.27. The van der Waals surface area contributed by atoms with Crippen LogP contribution in [-0.2, 0) is 11.4 Å². The number of carbonyl (C=O) groups excluding carboxylic acids is 1. The van der Waals surface area contributed by atoms with Crippen LogP contribution < -0.4 is 10.1 Å². The molecule has 0 saturated heterocycles. The number of rotatable bonds is 9. The number of hydrogen-bond acceptors (Lipinski definition) is 5. The van der Waals surface area contributed by atoms with Crippen LogP contribution in [0.1, 0.15) is 74.9 Å². The van der Waals surface area contributed by atoms with E-state index in [2.05, 4.69) is 68.9 Å². The Hall–Kier alpha value is -2.03. The molecule has 1 amide bonds. The first-order chi connectivity index (χ1) is 17.3. The molecule has 0 bridgehead atoms. The molecule has 1 saturated carbocycles. The molecule has 1 heterocycles. The van der Waals surface area contributed by atoms with Gasteiger partial charge in [0, 0.05) is 10.5 Å². The number of aromatic nitrogens is 3. The van der Waals surface area contributed by atoms with Crippen molar-refractivity contribution in [2.45, 2.75) is 76.6 Å². The number of nitrogens with zero attached hydrogens (tertiary/aromatic N) is 3. The van der Waals surface area contributed by atoms with Crippen molar-refractivity contribution < 1.29 is 9.53 Å². The first kappa shape index (κ1) is 27.0. The van der Waals surface area contributed by atoms with Gasteiger partial charge in [0.15, 0.2) is 11.0 Å². The van der Waals surface area contributed by atoms with E-state index in [1.807, 2.05) is 12.1 Å². The quantitative estimate of drug-likeness (QED) is 0.256. The highest BCUT2D eigenvalue weighted by atomic mass is 79.9. The molecule has 36 heavy (non-hydrogen) atoms. The van der Waals surface area contributed by atoms with Gasteiger partial charge in [-0.3, -0.25) is 9.36 Å². The Morgan fingerprint density at radius 1 is 1.22 bits per heavy atom. The molecule has 192 valence electrons. The Morgan fingerprint density at radius 3 is 2.69 bits per heavy atom. The van der Waals surface area contributed by atoms with E-state index >= 15 is 0 Å². The minimum absolute atomic E-state index is 0.129. The Kier molecular flexibility index (Phi) is 9.36. The first-order valence-electron chi connectivity index (χ1n) is 12.4. The number of hydrogen-bond donors (Lipinski definition) is 1. The number of benzene rings is 2. The summed E-state index contributed by atoms with van der Waals surface area (Å²) in [5, 5.41) is 13.1. The molecular formula is C27H32BrClN4O2S. The van der Waals surface area contributed by atoms with Crippen molar-refractivity contribution in [2.24, 2.45) is 0 Å². The van der Waals surface area contributed by atoms with E-state index in [-0.39, 0.29) is 11.7 Å². The van der Waals surface area contributed by atoms with E-state index in [4.69, 9.17) is 16.3 Å². The molecule has 0 unspecified atom stereocenters. The monoisotopic (exact) mass is 590 g/mol. The first-order valence-corrected chi connectivity index (χ1v) is 14.5. The van der Waals surface area contributed by atoms with Crippen molar-refractivity contribution in [1.82, 2.24) is 14.8 Å². The van der Waals surface area contributed by atoms with Gasteiger partial charge in [0.05, 0.1) is 16.5 Å². The van der Waals surface area contributed by atoms with E-state index < -0.39 is 0 Å². The minimum Gasteiger partial charge on any atom is -0.485 e. The number of thioether (sulfide) groups is 1. The zero-order chi connectivity index (χ0) is 25.7. The number of para-hydroxylation sites is 1. The van der Waals surface area contributed by atoms with E-state index in [1.165, 1.54) is 31.0 Å². The van der Waals surface area contributed by atoms with Crippen LogP contribution in [0.15, 0.2) is 46.0 Å². The van der Waals surface area contributed by atoms with Gasteiger partial charge < -0.3 is 10.1 Å². The van der Waals surface area contributed by atoms with E-state index in [1.54, 1.807) is 12.1 Å². The van der Waals surface area contributed by atoms with Crippen molar-refractivity contribution in [2.75, 3.05) is 11.1 Å². The van der Waals surface area contributed by atoms with Crippen LogP contribution in [0.2, 0.25) is 5.02 Å². The molecule has 4 rings (SSSR count). The fourth-order valence-corrected chi connectivity index (χ4v) is 5.85. The van der Waals surface area contributed by atoms with E-state index in [0.717, 1.165) is 45.2 Å². The van der Waals surface area contributed by atoms with Gasteiger partial charge in [-0.25, -0.2) is 0 Å². The van der Waals surface area contributed by atoms with Crippen molar-refractivity contribution in [1.29, 1.82) is 0 Å². The number of halogens is 2. The molecule has 0 spiro atoms. The summed E-state index contributed by atoms with van der Waals surface area (Å²) >= 11 is 11.2. The van der Waals surface area contributed by atoms with Crippen LogP contribution in [-0.4, -0.2) is 26.4 Å². The second-order valence-electron chi connectivity index (χ2n) is 9.46. The van der Waals surface area contributed by atoms with Crippen LogP contribution in [0, 0.1) is 6.92 Å². The van der Waals surface area contributed by atoms with E-state index in [0.29, 0.717) is 29.3 Å². The van der Waals surface area contributed by atoms with Crippen molar-refractivity contribution in [3.8, 4) is 5.75 Å². The van der Waals surface area contributed by atoms with Crippen LogP contribution >= 0.6 is 39.3 Å². The highest BCUT2D eigenvalue weighted by Crippen LogP contribution is 2.35. The molecule has 2 aromatic carbocycles. The number of anilines is 1. The van der Waals surface area contributed by atoms with Crippen LogP contribution in [0.3, 0.4) is 0 Å². The van der Waals surface area contributed by atoms with Crippen molar-refractivity contribution in [3.63, 3.8) is 0 Å². The summed E-state index contributed by atoms with van der Waals surface area (Å²) in [5.41, 5.74) is 2.89. The highest BCUT2D eigenvalue weighted by Gasteiger charge is 2.24. The SMILES string of the molecule is Cc1cc(OCc2nnc(SCC(=O)Nc3ccccc3Cl)n2C2CCCCC2)c(C(C)C)cc1Br. The average molecular weight is 592 g/mol. The van der Waals surface area contributed by atoms with E-state index in [9.17, 15) is 4.79 Å². The van der Waals surface area contributed by atoms with Crippen molar-refractivity contribution in [3.05, 3.63) is 62.8 Å². The summed E-state index contributed by atoms with van der Waals surface area (Å²) in [7, 11) is 0. The number of carbonyl (C=O) groups is 1. The van der Waals surface area contributed by atoms with Crippen LogP contribution in [0.4, 0.5) is 5.69 Å². The minimum atomic E-state index is -0.129. The van der Waals surface area contributed by atoms with Gasteiger partial charge in [-0.05, 0) is 61.1 Å². The summed E-state index contributed by atoms with van der Waals surface area (Å²) in [6.07, 6.45) is 5.79. The second kappa shape index (κ2) is 12.5. The Bertz CT molecular complexity index is 1210. The fraction of sp³-hybridized carbons (Fsp3) is 0.444. The topological polar surface area (TPSA) is 69.0 Å². The lowest BCUT2D eigenvalue weighted by atomic mass is 9.95. The van der Waals surface area contributed by atoms with Gasteiger partial charge >= 0.3 is 0 Å². The van der Waals surface area contributed by atoms with Gasteiger partial charge in [0.1, 0.15) is 12.4 Å². The predicted molar refractivity (Wildman–Crippen MR) is 150 cm³/mol. The van der Waals surface area contributed by atoms with Crippen LogP contribution in [0.25, 0.3) is 0 Å². The summed E-state index contributed by atoms with van der Waals surface area (Å²) in [6.45, 7) is 6.72. The molecular weight excluding hydrogens is 560 g/mol. The molecule has 1 aliphatic rings. The molecule has 1 fully saturated rings. The Balaban J connectivity index is 1.51. The standard InChI is InChI=1S/C27H32BrClN4O2S/c1-17(2)20-14-21(28)18(3)13-24(20)35-15-25-31-32-27(33(25)19-9-5-4-6-10-19)36-16-26(34)30-23-12-8-7-11-22(23)29/h7-8,11-14,17,19H,4-6,9-10,15-16H2,1-3H3,(H,30,34). The fourth-order valence-electron chi connectivity index (χ4n) is 4.48. The maximum Gasteiger partial charge on any atom is 0.234 e.